The standard InChI is InChI=1S/C25H30Cl2N4O5/c1-25(2,34)15-30-10-9-21(29-30)28-24(33)19(12-16-6-3-4-11-35-16)31-14-17(13-22(31)32)36-20-8-5-7-18(26)23(20)27/h5,7-10,13-14,16,19,32,34H,3-4,6,11-12,15H2,1-2H3,(H,28,29,33)/t16?,19-/m0/s1. The maximum Gasteiger partial charge on any atom is 0.248 e. The summed E-state index contributed by atoms with van der Waals surface area (Å²) < 4.78 is 14.7. The number of anilines is 1. The molecule has 4 rings (SSSR count). The highest BCUT2D eigenvalue weighted by Crippen LogP contribution is 2.37. The van der Waals surface area contributed by atoms with Crippen LogP contribution in [-0.2, 0) is 16.1 Å². The molecule has 3 aromatic rings. The number of rotatable bonds is 9. The number of amides is 1. The molecule has 3 heterocycles. The van der Waals surface area contributed by atoms with Crippen molar-refractivity contribution in [2.75, 3.05) is 11.9 Å². The maximum absolute atomic E-state index is 13.4. The summed E-state index contributed by atoms with van der Waals surface area (Å²) in [6.07, 6.45) is 6.28. The van der Waals surface area contributed by atoms with Crippen LogP contribution in [0.25, 0.3) is 0 Å². The van der Waals surface area contributed by atoms with E-state index in [1.54, 1.807) is 55.2 Å². The largest absolute Gasteiger partial charge is 0.494 e. The number of hydrogen-bond acceptors (Lipinski definition) is 6. The van der Waals surface area contributed by atoms with E-state index in [0.717, 1.165) is 19.3 Å². The van der Waals surface area contributed by atoms with E-state index >= 15 is 0 Å². The highest BCUT2D eigenvalue weighted by Gasteiger charge is 2.29. The number of benzene rings is 1. The Hall–Kier alpha value is -2.72. The molecule has 2 aromatic heterocycles. The minimum Gasteiger partial charge on any atom is -0.494 e. The number of halogens is 2. The first-order chi connectivity index (χ1) is 17.1. The van der Waals surface area contributed by atoms with Crippen LogP contribution < -0.4 is 10.1 Å². The first kappa shape index (κ1) is 26.3. The molecule has 1 aromatic carbocycles. The average molecular weight is 537 g/mol. The molecular weight excluding hydrogens is 507 g/mol. The normalized spacial score (nSPS) is 17.1. The lowest BCUT2D eigenvalue weighted by Crippen LogP contribution is -2.31. The minimum atomic E-state index is -0.951. The van der Waals surface area contributed by atoms with Crippen molar-refractivity contribution in [3.05, 3.63) is 52.8 Å². The highest BCUT2D eigenvalue weighted by atomic mass is 35.5. The van der Waals surface area contributed by atoms with Crippen LogP contribution in [0.2, 0.25) is 10.0 Å². The Balaban J connectivity index is 1.56. The third-order valence-corrected chi connectivity index (χ3v) is 6.59. The lowest BCUT2D eigenvalue weighted by Gasteiger charge is -2.27. The van der Waals surface area contributed by atoms with Gasteiger partial charge in [-0.1, -0.05) is 29.3 Å². The molecule has 1 fully saturated rings. The summed E-state index contributed by atoms with van der Waals surface area (Å²) in [4.78, 5) is 13.4. The van der Waals surface area contributed by atoms with Crippen LogP contribution in [0.15, 0.2) is 42.7 Å². The van der Waals surface area contributed by atoms with Gasteiger partial charge in [-0.05, 0) is 45.2 Å². The number of nitrogens with one attached hydrogen (secondary N) is 1. The van der Waals surface area contributed by atoms with Crippen molar-refractivity contribution >= 4 is 34.9 Å². The van der Waals surface area contributed by atoms with Gasteiger partial charge in [0, 0.05) is 31.4 Å². The van der Waals surface area contributed by atoms with Crippen LogP contribution >= 0.6 is 23.2 Å². The second-order valence-electron chi connectivity index (χ2n) is 9.54. The van der Waals surface area contributed by atoms with Gasteiger partial charge in [-0.2, -0.15) is 5.10 Å². The van der Waals surface area contributed by atoms with E-state index in [4.69, 9.17) is 32.7 Å². The van der Waals surface area contributed by atoms with E-state index in [9.17, 15) is 15.0 Å². The average Bonchev–Trinajstić information content (AvgIpc) is 3.40. The fraction of sp³-hybridized carbons (Fsp3) is 0.440. The Morgan fingerprint density at radius 1 is 1.33 bits per heavy atom. The molecule has 0 radical (unpaired) electrons. The van der Waals surface area contributed by atoms with Gasteiger partial charge in [0.15, 0.2) is 11.7 Å². The second kappa shape index (κ2) is 11.1. The number of ether oxygens (including phenoxy) is 2. The summed E-state index contributed by atoms with van der Waals surface area (Å²) in [5.74, 6) is 0.457. The molecule has 0 spiro atoms. The summed E-state index contributed by atoms with van der Waals surface area (Å²) in [7, 11) is 0. The number of aliphatic hydroxyl groups is 1. The predicted molar refractivity (Wildman–Crippen MR) is 137 cm³/mol. The zero-order valence-electron chi connectivity index (χ0n) is 20.2. The predicted octanol–water partition coefficient (Wildman–Crippen LogP) is 5.40. The number of nitrogens with zero attached hydrogens (tertiary/aromatic N) is 3. The van der Waals surface area contributed by atoms with Crippen molar-refractivity contribution in [2.45, 2.75) is 63.8 Å². The number of carbonyl (C=O) groups excluding carboxylic acids is 1. The fourth-order valence-corrected chi connectivity index (χ4v) is 4.48. The third-order valence-electron chi connectivity index (χ3n) is 5.79. The van der Waals surface area contributed by atoms with E-state index in [-0.39, 0.29) is 29.5 Å². The monoisotopic (exact) mass is 536 g/mol. The number of aromatic nitrogens is 3. The molecule has 1 aliphatic rings. The van der Waals surface area contributed by atoms with Crippen LogP contribution in [0.3, 0.4) is 0 Å². The van der Waals surface area contributed by atoms with E-state index < -0.39 is 11.6 Å². The van der Waals surface area contributed by atoms with Gasteiger partial charge >= 0.3 is 0 Å². The minimum absolute atomic E-state index is 0.129. The van der Waals surface area contributed by atoms with Crippen LogP contribution in [0, 0.1) is 0 Å². The maximum atomic E-state index is 13.4. The Morgan fingerprint density at radius 2 is 2.14 bits per heavy atom. The van der Waals surface area contributed by atoms with Crippen molar-refractivity contribution in [3.8, 4) is 17.4 Å². The van der Waals surface area contributed by atoms with Gasteiger partial charge in [0.1, 0.15) is 22.6 Å². The van der Waals surface area contributed by atoms with Gasteiger partial charge in [-0.3, -0.25) is 9.48 Å². The molecule has 3 N–H and O–H groups in total. The van der Waals surface area contributed by atoms with Crippen molar-refractivity contribution in [2.24, 2.45) is 0 Å². The quantitative estimate of drug-likeness (QED) is 0.337. The Bertz CT molecular complexity index is 1200. The van der Waals surface area contributed by atoms with Crippen LogP contribution in [0.1, 0.15) is 45.6 Å². The van der Waals surface area contributed by atoms with Crippen LogP contribution in [-0.4, -0.2) is 48.8 Å². The number of carbonyl (C=O) groups is 1. The number of aromatic hydroxyl groups is 1. The summed E-state index contributed by atoms with van der Waals surface area (Å²) >= 11 is 12.3. The second-order valence-corrected chi connectivity index (χ2v) is 10.3. The SMILES string of the molecule is CC(C)(O)Cn1ccc(NC(=O)[C@H](CC2CCCCO2)n2cc(Oc3cccc(Cl)c3Cl)cc2O)n1. The van der Waals surface area contributed by atoms with Gasteiger partial charge in [0.25, 0.3) is 0 Å². The topological polar surface area (TPSA) is 111 Å². The molecule has 1 amide bonds. The molecule has 9 nitrogen and oxygen atoms in total. The summed E-state index contributed by atoms with van der Waals surface area (Å²) in [5.41, 5.74) is -0.951. The first-order valence-corrected chi connectivity index (χ1v) is 12.6. The molecule has 11 heteroatoms. The third kappa shape index (κ3) is 6.73. The van der Waals surface area contributed by atoms with Crippen molar-refractivity contribution in [3.63, 3.8) is 0 Å². The zero-order valence-corrected chi connectivity index (χ0v) is 21.7. The molecule has 1 aliphatic heterocycles. The highest BCUT2D eigenvalue weighted by molar-refractivity contribution is 6.42. The molecule has 1 unspecified atom stereocenters. The van der Waals surface area contributed by atoms with Crippen molar-refractivity contribution in [1.82, 2.24) is 14.3 Å². The molecule has 36 heavy (non-hydrogen) atoms. The Labute approximate surface area is 219 Å². The molecular formula is C25H30Cl2N4O5. The van der Waals surface area contributed by atoms with Gasteiger partial charge in [-0.25, -0.2) is 0 Å². The van der Waals surface area contributed by atoms with E-state index in [1.807, 2.05) is 0 Å². The molecule has 1 saturated heterocycles. The Morgan fingerprint density at radius 3 is 2.86 bits per heavy atom. The van der Waals surface area contributed by atoms with E-state index in [0.29, 0.717) is 35.4 Å². The van der Waals surface area contributed by atoms with Gasteiger partial charge < -0.3 is 29.6 Å². The van der Waals surface area contributed by atoms with Crippen LogP contribution in [0.4, 0.5) is 5.82 Å². The summed E-state index contributed by atoms with van der Waals surface area (Å²) in [6.45, 7) is 4.27. The fourth-order valence-electron chi connectivity index (χ4n) is 4.15. The summed E-state index contributed by atoms with van der Waals surface area (Å²) in [6, 6.07) is 7.29. The molecule has 0 bridgehead atoms. The van der Waals surface area contributed by atoms with Gasteiger partial charge in [-0.15, -0.1) is 0 Å². The van der Waals surface area contributed by atoms with Gasteiger partial charge in [0.2, 0.25) is 5.91 Å². The molecule has 194 valence electrons. The first-order valence-electron chi connectivity index (χ1n) is 11.8. The molecule has 0 saturated carbocycles. The Kier molecular flexibility index (Phi) is 8.14. The number of hydrogen-bond donors (Lipinski definition) is 3. The van der Waals surface area contributed by atoms with E-state index in [2.05, 4.69) is 10.4 Å². The summed E-state index contributed by atoms with van der Waals surface area (Å²) in [5, 5.41) is 28.5. The molecule has 2 atom stereocenters. The molecule has 0 aliphatic carbocycles. The zero-order chi connectivity index (χ0) is 25.9. The lowest BCUT2D eigenvalue weighted by atomic mass is 10.0. The van der Waals surface area contributed by atoms with Gasteiger partial charge in [0.05, 0.1) is 29.5 Å². The van der Waals surface area contributed by atoms with Crippen LogP contribution in [0.5, 0.6) is 17.4 Å². The van der Waals surface area contributed by atoms with E-state index in [1.165, 1.54) is 10.6 Å². The van der Waals surface area contributed by atoms with Crippen molar-refractivity contribution in [1.29, 1.82) is 0 Å². The lowest BCUT2D eigenvalue weighted by molar-refractivity contribution is -0.121. The smallest absolute Gasteiger partial charge is 0.248 e. The van der Waals surface area contributed by atoms with Crippen molar-refractivity contribution < 1.29 is 24.5 Å².